The van der Waals surface area contributed by atoms with Gasteiger partial charge in [-0.2, -0.15) is 0 Å². The van der Waals surface area contributed by atoms with Crippen LogP contribution in [0.3, 0.4) is 0 Å². The summed E-state index contributed by atoms with van der Waals surface area (Å²) >= 11 is 0. The molecule has 2 N–H and O–H groups in total. The third-order valence-electron chi connectivity index (χ3n) is 2.77. The number of anilines is 1. The summed E-state index contributed by atoms with van der Waals surface area (Å²) in [6, 6.07) is 6.95. The molecule has 1 fully saturated rings. The molecule has 0 spiro atoms. The smallest absolute Gasteiger partial charge is 0.407 e. The zero-order valence-corrected chi connectivity index (χ0v) is 8.83. The molecule has 86 valence electrons. The number of amides is 1. The first kappa shape index (κ1) is 10.6. The van der Waals surface area contributed by atoms with E-state index in [1.165, 1.54) is 4.90 Å². The third kappa shape index (κ3) is 2.18. The first-order valence-electron chi connectivity index (χ1n) is 5.18. The van der Waals surface area contributed by atoms with E-state index in [1.807, 2.05) is 12.1 Å². The third-order valence-corrected chi connectivity index (χ3v) is 2.77. The van der Waals surface area contributed by atoms with E-state index in [1.54, 1.807) is 12.1 Å². The summed E-state index contributed by atoms with van der Waals surface area (Å²) in [5, 5.41) is 18.0. The van der Waals surface area contributed by atoms with Crippen molar-refractivity contribution in [3.05, 3.63) is 24.3 Å². The van der Waals surface area contributed by atoms with Crippen molar-refractivity contribution in [1.29, 1.82) is 0 Å². The molecule has 1 aliphatic heterocycles. The lowest BCUT2D eigenvalue weighted by atomic mass is 10.2. The molecule has 1 saturated heterocycles. The maximum Gasteiger partial charge on any atom is 0.407 e. The van der Waals surface area contributed by atoms with E-state index in [0.29, 0.717) is 26.2 Å². The molecular formula is C11H14N2O3. The minimum atomic E-state index is -0.856. The minimum Gasteiger partial charge on any atom is -0.508 e. The Labute approximate surface area is 93.5 Å². The van der Waals surface area contributed by atoms with Crippen molar-refractivity contribution in [3.8, 4) is 5.75 Å². The molecule has 1 aromatic carbocycles. The zero-order valence-electron chi connectivity index (χ0n) is 8.83. The van der Waals surface area contributed by atoms with Crippen LogP contribution in [0, 0.1) is 0 Å². The van der Waals surface area contributed by atoms with E-state index >= 15 is 0 Å². The second kappa shape index (κ2) is 4.30. The molecule has 0 saturated carbocycles. The number of carbonyl (C=O) groups is 1. The van der Waals surface area contributed by atoms with Gasteiger partial charge in [0.2, 0.25) is 0 Å². The van der Waals surface area contributed by atoms with Crippen LogP contribution < -0.4 is 4.90 Å². The highest BCUT2D eigenvalue weighted by Gasteiger charge is 2.20. The van der Waals surface area contributed by atoms with Crippen LogP contribution in [0.1, 0.15) is 0 Å². The van der Waals surface area contributed by atoms with Gasteiger partial charge in [0.15, 0.2) is 0 Å². The van der Waals surface area contributed by atoms with Crippen LogP contribution in [0.4, 0.5) is 10.5 Å². The number of piperazine rings is 1. The van der Waals surface area contributed by atoms with Crippen molar-refractivity contribution in [2.75, 3.05) is 31.1 Å². The van der Waals surface area contributed by atoms with E-state index < -0.39 is 6.09 Å². The molecular weight excluding hydrogens is 208 g/mol. The Morgan fingerprint density at radius 3 is 2.12 bits per heavy atom. The van der Waals surface area contributed by atoms with E-state index in [0.717, 1.165) is 5.69 Å². The van der Waals surface area contributed by atoms with Gasteiger partial charge in [-0.3, -0.25) is 0 Å². The van der Waals surface area contributed by atoms with Gasteiger partial charge in [-0.25, -0.2) is 4.79 Å². The zero-order chi connectivity index (χ0) is 11.5. The molecule has 0 aliphatic carbocycles. The van der Waals surface area contributed by atoms with Crippen LogP contribution in [-0.2, 0) is 0 Å². The number of carboxylic acid groups (broad SMARTS) is 1. The van der Waals surface area contributed by atoms with E-state index in [4.69, 9.17) is 10.2 Å². The summed E-state index contributed by atoms with van der Waals surface area (Å²) in [4.78, 5) is 14.2. The summed E-state index contributed by atoms with van der Waals surface area (Å²) < 4.78 is 0. The van der Waals surface area contributed by atoms with E-state index in [9.17, 15) is 4.79 Å². The van der Waals surface area contributed by atoms with Gasteiger partial charge in [-0.05, 0) is 24.3 Å². The predicted octanol–water partition coefficient (Wildman–Crippen LogP) is 1.19. The van der Waals surface area contributed by atoms with Crippen LogP contribution >= 0.6 is 0 Å². The number of phenolic OH excluding ortho intramolecular Hbond substituents is 1. The quantitative estimate of drug-likeness (QED) is 0.749. The Morgan fingerprint density at radius 1 is 1.06 bits per heavy atom. The van der Waals surface area contributed by atoms with Crippen LogP contribution in [-0.4, -0.2) is 47.4 Å². The molecule has 0 bridgehead atoms. The second-order valence-corrected chi connectivity index (χ2v) is 3.77. The summed E-state index contributed by atoms with van der Waals surface area (Å²) in [5.74, 6) is 0.243. The molecule has 5 heteroatoms. The molecule has 1 heterocycles. The van der Waals surface area contributed by atoms with Gasteiger partial charge in [0.05, 0.1) is 0 Å². The Bertz CT molecular complexity index is 369. The topological polar surface area (TPSA) is 64.0 Å². The highest BCUT2D eigenvalue weighted by atomic mass is 16.4. The molecule has 1 aromatic rings. The van der Waals surface area contributed by atoms with Gasteiger partial charge < -0.3 is 20.0 Å². The molecule has 5 nitrogen and oxygen atoms in total. The van der Waals surface area contributed by atoms with E-state index in [-0.39, 0.29) is 5.75 Å². The van der Waals surface area contributed by atoms with Crippen LogP contribution in [0.2, 0.25) is 0 Å². The summed E-state index contributed by atoms with van der Waals surface area (Å²) in [5.41, 5.74) is 1.02. The van der Waals surface area contributed by atoms with E-state index in [2.05, 4.69) is 4.90 Å². The normalized spacial score (nSPS) is 16.2. The van der Waals surface area contributed by atoms with Crippen molar-refractivity contribution in [2.45, 2.75) is 0 Å². The first-order chi connectivity index (χ1) is 7.66. The van der Waals surface area contributed by atoms with Crippen molar-refractivity contribution in [2.24, 2.45) is 0 Å². The van der Waals surface area contributed by atoms with Gasteiger partial charge in [-0.15, -0.1) is 0 Å². The Balaban J connectivity index is 1.99. The minimum absolute atomic E-state index is 0.243. The molecule has 16 heavy (non-hydrogen) atoms. The fraction of sp³-hybridized carbons (Fsp3) is 0.364. The van der Waals surface area contributed by atoms with Gasteiger partial charge >= 0.3 is 6.09 Å². The number of rotatable bonds is 1. The Kier molecular flexibility index (Phi) is 2.85. The summed E-state index contributed by atoms with van der Waals surface area (Å²) in [6.07, 6.45) is -0.856. The van der Waals surface area contributed by atoms with Gasteiger partial charge in [-0.1, -0.05) is 0 Å². The van der Waals surface area contributed by atoms with Crippen molar-refractivity contribution in [3.63, 3.8) is 0 Å². The van der Waals surface area contributed by atoms with Crippen molar-refractivity contribution < 1.29 is 15.0 Å². The number of aromatic hydroxyl groups is 1. The lowest BCUT2D eigenvalue weighted by Gasteiger charge is -2.34. The average Bonchev–Trinajstić information content (AvgIpc) is 2.30. The molecule has 1 amide bonds. The van der Waals surface area contributed by atoms with Crippen LogP contribution in [0.5, 0.6) is 5.75 Å². The number of benzene rings is 1. The maximum atomic E-state index is 10.7. The second-order valence-electron chi connectivity index (χ2n) is 3.77. The SMILES string of the molecule is O=C(O)N1CCN(c2ccc(O)cc2)CC1. The van der Waals surface area contributed by atoms with Gasteiger partial charge in [0, 0.05) is 31.9 Å². The lowest BCUT2D eigenvalue weighted by Crippen LogP contribution is -2.48. The standard InChI is InChI=1S/C11H14N2O3/c14-10-3-1-9(2-4-10)12-5-7-13(8-6-12)11(15)16/h1-4,14H,5-8H2,(H,15,16). The fourth-order valence-electron chi connectivity index (χ4n) is 1.82. The van der Waals surface area contributed by atoms with Gasteiger partial charge in [0.1, 0.15) is 5.75 Å². The summed E-state index contributed by atoms with van der Waals surface area (Å²) in [7, 11) is 0. The molecule has 1 aliphatic rings. The van der Waals surface area contributed by atoms with Crippen LogP contribution in [0.25, 0.3) is 0 Å². The predicted molar refractivity (Wildman–Crippen MR) is 59.9 cm³/mol. The molecule has 0 unspecified atom stereocenters. The highest BCUT2D eigenvalue weighted by molar-refractivity contribution is 5.65. The Morgan fingerprint density at radius 2 is 1.62 bits per heavy atom. The maximum absolute atomic E-state index is 10.7. The largest absolute Gasteiger partial charge is 0.508 e. The van der Waals surface area contributed by atoms with Crippen molar-refractivity contribution in [1.82, 2.24) is 4.90 Å². The average molecular weight is 222 g/mol. The monoisotopic (exact) mass is 222 g/mol. The Hall–Kier alpha value is -1.91. The molecule has 2 rings (SSSR count). The number of phenols is 1. The fourth-order valence-corrected chi connectivity index (χ4v) is 1.82. The van der Waals surface area contributed by atoms with Crippen LogP contribution in [0.15, 0.2) is 24.3 Å². The number of nitrogens with zero attached hydrogens (tertiary/aromatic N) is 2. The molecule has 0 atom stereocenters. The molecule has 0 aromatic heterocycles. The number of hydrogen-bond donors (Lipinski definition) is 2. The summed E-state index contributed by atoms with van der Waals surface area (Å²) in [6.45, 7) is 2.43. The molecule has 0 radical (unpaired) electrons. The van der Waals surface area contributed by atoms with Crippen molar-refractivity contribution >= 4 is 11.8 Å². The van der Waals surface area contributed by atoms with Gasteiger partial charge in [0.25, 0.3) is 0 Å². The highest BCUT2D eigenvalue weighted by Crippen LogP contribution is 2.19. The lowest BCUT2D eigenvalue weighted by molar-refractivity contribution is 0.142. The first-order valence-corrected chi connectivity index (χ1v) is 5.18. The number of hydrogen-bond acceptors (Lipinski definition) is 3.